The van der Waals surface area contributed by atoms with E-state index in [1.165, 1.54) is 4.90 Å². The van der Waals surface area contributed by atoms with Crippen LogP contribution in [0.15, 0.2) is 54.6 Å². The van der Waals surface area contributed by atoms with Gasteiger partial charge in [-0.25, -0.2) is 8.42 Å². The molecule has 33 heavy (non-hydrogen) atoms. The van der Waals surface area contributed by atoms with Gasteiger partial charge in [0.2, 0.25) is 21.8 Å². The van der Waals surface area contributed by atoms with Crippen molar-refractivity contribution in [1.82, 2.24) is 10.2 Å². The Balaban J connectivity index is 2.43. The summed E-state index contributed by atoms with van der Waals surface area (Å²) < 4.78 is 26.2. The molecule has 0 aliphatic heterocycles. The van der Waals surface area contributed by atoms with Crippen LogP contribution in [0.5, 0.6) is 0 Å². The molecule has 0 radical (unpaired) electrons. The molecule has 7 nitrogen and oxygen atoms in total. The van der Waals surface area contributed by atoms with E-state index in [0.717, 1.165) is 28.1 Å². The molecule has 2 rings (SSSR count). The minimum absolute atomic E-state index is 0.0289. The van der Waals surface area contributed by atoms with E-state index in [0.29, 0.717) is 12.1 Å². The first kappa shape index (κ1) is 26.4. The van der Waals surface area contributed by atoms with Gasteiger partial charge in [-0.1, -0.05) is 56.3 Å². The van der Waals surface area contributed by atoms with Crippen molar-refractivity contribution in [2.75, 3.05) is 17.1 Å². The first-order valence-corrected chi connectivity index (χ1v) is 13.1. The number of anilines is 1. The molecule has 180 valence electrons. The normalized spacial score (nSPS) is 13.1. The van der Waals surface area contributed by atoms with Crippen molar-refractivity contribution < 1.29 is 18.0 Å². The molecule has 0 heterocycles. The van der Waals surface area contributed by atoms with Crippen LogP contribution in [0.1, 0.15) is 44.7 Å². The van der Waals surface area contributed by atoms with Crippen molar-refractivity contribution in [3.8, 4) is 0 Å². The van der Waals surface area contributed by atoms with Crippen LogP contribution in [-0.4, -0.2) is 50.0 Å². The zero-order valence-electron chi connectivity index (χ0n) is 20.1. The quantitative estimate of drug-likeness (QED) is 0.541. The molecule has 0 bridgehead atoms. The van der Waals surface area contributed by atoms with E-state index >= 15 is 0 Å². The second-order valence-corrected chi connectivity index (χ2v) is 10.2. The third-order valence-corrected chi connectivity index (χ3v) is 6.85. The lowest BCUT2D eigenvalue weighted by atomic mass is 10.1. The summed E-state index contributed by atoms with van der Waals surface area (Å²) >= 11 is 0. The monoisotopic (exact) mass is 473 g/mol. The van der Waals surface area contributed by atoms with Gasteiger partial charge in [0, 0.05) is 12.6 Å². The number of sulfonamides is 1. The predicted octanol–water partition coefficient (Wildman–Crippen LogP) is 3.48. The molecule has 0 aliphatic rings. The van der Waals surface area contributed by atoms with Gasteiger partial charge >= 0.3 is 0 Å². The van der Waals surface area contributed by atoms with Gasteiger partial charge in [-0.15, -0.1) is 0 Å². The lowest BCUT2D eigenvalue weighted by molar-refractivity contribution is -0.140. The topological polar surface area (TPSA) is 86.8 Å². The summed E-state index contributed by atoms with van der Waals surface area (Å²) in [6.07, 6.45) is 2.25. The Hall–Kier alpha value is -2.87. The minimum atomic E-state index is -3.72. The molecular formula is C25H35N3O4S. The average molecular weight is 474 g/mol. The van der Waals surface area contributed by atoms with Crippen LogP contribution >= 0.6 is 0 Å². The number of para-hydroxylation sites is 1. The molecule has 0 saturated carbocycles. The van der Waals surface area contributed by atoms with E-state index in [2.05, 4.69) is 5.32 Å². The number of rotatable bonds is 11. The Kier molecular flexibility index (Phi) is 9.46. The third-order valence-electron chi connectivity index (χ3n) is 5.71. The fourth-order valence-electron chi connectivity index (χ4n) is 3.54. The Labute approximate surface area is 197 Å². The molecule has 0 spiro atoms. The van der Waals surface area contributed by atoms with Gasteiger partial charge < -0.3 is 10.2 Å². The first-order chi connectivity index (χ1) is 15.6. The maximum Gasteiger partial charge on any atom is 0.244 e. The second-order valence-electron chi connectivity index (χ2n) is 8.30. The molecule has 2 aromatic rings. The Morgan fingerprint density at radius 2 is 1.58 bits per heavy atom. The van der Waals surface area contributed by atoms with E-state index in [-0.39, 0.29) is 25.0 Å². The second kappa shape index (κ2) is 11.8. The van der Waals surface area contributed by atoms with E-state index in [1.54, 1.807) is 30.3 Å². The number of hydrogen-bond donors (Lipinski definition) is 1. The summed E-state index contributed by atoms with van der Waals surface area (Å²) in [5.74, 6) is -0.668. The van der Waals surface area contributed by atoms with Gasteiger partial charge in [-0.05, 0) is 49.9 Å². The highest BCUT2D eigenvalue weighted by atomic mass is 32.2. The molecule has 2 amide bonds. The SMILES string of the molecule is CCC(C)NC(=O)C(CC)N(Cc1ccccc1C)C(=O)CN(c1ccccc1)S(C)(=O)=O. The van der Waals surface area contributed by atoms with E-state index < -0.39 is 22.0 Å². The summed E-state index contributed by atoms with van der Waals surface area (Å²) in [6, 6.07) is 15.4. The van der Waals surface area contributed by atoms with Gasteiger partial charge in [-0.2, -0.15) is 0 Å². The number of aryl methyl sites for hydroxylation is 1. The number of carbonyl (C=O) groups is 2. The number of benzene rings is 2. The molecule has 2 unspecified atom stereocenters. The summed E-state index contributed by atoms with van der Waals surface area (Å²) in [5.41, 5.74) is 2.31. The van der Waals surface area contributed by atoms with Crippen LogP contribution in [-0.2, 0) is 26.2 Å². The van der Waals surface area contributed by atoms with Crippen LogP contribution in [0, 0.1) is 6.92 Å². The van der Waals surface area contributed by atoms with Crippen LogP contribution in [0.25, 0.3) is 0 Å². The maximum atomic E-state index is 13.6. The van der Waals surface area contributed by atoms with Crippen molar-refractivity contribution in [1.29, 1.82) is 0 Å². The van der Waals surface area contributed by atoms with Crippen LogP contribution in [0.4, 0.5) is 5.69 Å². The fourth-order valence-corrected chi connectivity index (χ4v) is 4.39. The standard InChI is InChI=1S/C25H35N3O4S/c1-6-20(4)26-25(30)23(7-2)27(17-21-14-12-11-13-19(21)3)24(29)18-28(33(5,31)32)22-15-9-8-10-16-22/h8-16,20,23H,6-7,17-18H2,1-5H3,(H,26,30). The zero-order chi connectivity index (χ0) is 24.6. The molecule has 0 aromatic heterocycles. The van der Waals surface area contributed by atoms with Crippen LogP contribution in [0.3, 0.4) is 0 Å². The first-order valence-electron chi connectivity index (χ1n) is 11.3. The molecule has 0 aliphatic carbocycles. The molecular weight excluding hydrogens is 438 g/mol. The average Bonchev–Trinajstić information content (AvgIpc) is 2.78. The minimum Gasteiger partial charge on any atom is -0.352 e. The molecule has 2 aromatic carbocycles. The lowest BCUT2D eigenvalue weighted by Gasteiger charge is -2.33. The van der Waals surface area contributed by atoms with E-state index in [9.17, 15) is 18.0 Å². The van der Waals surface area contributed by atoms with Crippen molar-refractivity contribution in [2.24, 2.45) is 0 Å². The number of carbonyl (C=O) groups excluding carboxylic acids is 2. The number of amides is 2. The van der Waals surface area contributed by atoms with E-state index in [4.69, 9.17) is 0 Å². The molecule has 0 fully saturated rings. The Morgan fingerprint density at radius 1 is 0.970 bits per heavy atom. The number of nitrogens with one attached hydrogen (secondary N) is 1. The zero-order valence-corrected chi connectivity index (χ0v) is 20.9. The van der Waals surface area contributed by atoms with Crippen molar-refractivity contribution in [3.05, 3.63) is 65.7 Å². The van der Waals surface area contributed by atoms with Crippen LogP contribution in [0.2, 0.25) is 0 Å². The number of nitrogens with zero attached hydrogens (tertiary/aromatic N) is 2. The summed E-state index contributed by atoms with van der Waals surface area (Å²) in [6.45, 7) is 7.52. The maximum absolute atomic E-state index is 13.6. The third kappa shape index (κ3) is 7.32. The van der Waals surface area contributed by atoms with Crippen molar-refractivity contribution in [3.63, 3.8) is 0 Å². The van der Waals surface area contributed by atoms with Crippen LogP contribution < -0.4 is 9.62 Å². The summed E-state index contributed by atoms with van der Waals surface area (Å²) in [4.78, 5) is 28.2. The highest BCUT2D eigenvalue weighted by molar-refractivity contribution is 7.92. The fraction of sp³-hybridized carbons (Fsp3) is 0.440. The molecule has 8 heteroatoms. The van der Waals surface area contributed by atoms with Gasteiger partial charge in [0.25, 0.3) is 0 Å². The van der Waals surface area contributed by atoms with Crippen molar-refractivity contribution >= 4 is 27.5 Å². The smallest absolute Gasteiger partial charge is 0.244 e. The number of hydrogen-bond acceptors (Lipinski definition) is 4. The highest BCUT2D eigenvalue weighted by Crippen LogP contribution is 2.20. The largest absolute Gasteiger partial charge is 0.352 e. The highest BCUT2D eigenvalue weighted by Gasteiger charge is 2.32. The predicted molar refractivity (Wildman–Crippen MR) is 132 cm³/mol. The summed E-state index contributed by atoms with van der Waals surface area (Å²) in [7, 11) is -3.72. The van der Waals surface area contributed by atoms with Gasteiger partial charge in [0.15, 0.2) is 0 Å². The Morgan fingerprint density at radius 3 is 2.12 bits per heavy atom. The molecule has 0 saturated heterocycles. The van der Waals surface area contributed by atoms with Gasteiger partial charge in [-0.3, -0.25) is 13.9 Å². The Bertz CT molecular complexity index is 1040. The summed E-state index contributed by atoms with van der Waals surface area (Å²) in [5, 5.41) is 2.97. The van der Waals surface area contributed by atoms with Gasteiger partial charge in [0.05, 0.1) is 11.9 Å². The van der Waals surface area contributed by atoms with E-state index in [1.807, 2.05) is 52.0 Å². The molecule has 1 N–H and O–H groups in total. The molecule has 2 atom stereocenters. The lowest BCUT2D eigenvalue weighted by Crippen LogP contribution is -2.53. The van der Waals surface area contributed by atoms with Crippen molar-refractivity contribution in [2.45, 2.75) is 59.2 Å². The van der Waals surface area contributed by atoms with Gasteiger partial charge in [0.1, 0.15) is 12.6 Å².